The lowest BCUT2D eigenvalue weighted by Gasteiger charge is -2.18. The summed E-state index contributed by atoms with van der Waals surface area (Å²) in [6.45, 7) is 0.0446. The minimum Gasteiger partial charge on any atom is -0.468 e. The van der Waals surface area contributed by atoms with Gasteiger partial charge in [-0.25, -0.2) is 12.8 Å². The van der Waals surface area contributed by atoms with Gasteiger partial charge in [0.05, 0.1) is 25.6 Å². The summed E-state index contributed by atoms with van der Waals surface area (Å²) >= 11 is 0. The van der Waals surface area contributed by atoms with Gasteiger partial charge in [0, 0.05) is 6.54 Å². The van der Waals surface area contributed by atoms with Gasteiger partial charge in [0.15, 0.2) is 0 Å². The fraction of sp³-hybridized carbons (Fsp3) is 0.312. The van der Waals surface area contributed by atoms with Crippen LogP contribution >= 0.6 is 0 Å². The second-order valence-corrected chi connectivity index (χ2v) is 7.32. The van der Waals surface area contributed by atoms with Crippen LogP contribution in [0.4, 0.5) is 4.39 Å². The van der Waals surface area contributed by atoms with E-state index in [0.717, 1.165) is 16.1 Å². The number of benzene rings is 1. The van der Waals surface area contributed by atoms with Gasteiger partial charge in [0.25, 0.3) is 0 Å². The highest BCUT2D eigenvalue weighted by atomic mass is 32.2. The Morgan fingerprint density at radius 1 is 1.25 bits per heavy atom. The van der Waals surface area contributed by atoms with Crippen LogP contribution in [0, 0.1) is 5.82 Å². The first-order chi connectivity index (χ1) is 11.3. The largest absolute Gasteiger partial charge is 0.468 e. The molecule has 0 aliphatic rings. The number of nitrogens with zero attached hydrogens (tertiary/aromatic N) is 1. The standard InChI is InChI=1S/C16H19FN2O4S/c1-24(21,22)19(11-15-3-2-10-23-15)12-16(20)18-9-8-13-4-6-14(17)7-5-13/h2-7,10H,8-9,11-12H2,1H3,(H,18,20). The monoisotopic (exact) mass is 354 g/mol. The van der Waals surface area contributed by atoms with Crippen LogP contribution in [-0.2, 0) is 27.8 Å². The van der Waals surface area contributed by atoms with E-state index in [1.807, 2.05) is 0 Å². The Labute approximate surface area is 140 Å². The average molecular weight is 354 g/mol. The van der Waals surface area contributed by atoms with Crippen molar-refractivity contribution in [1.29, 1.82) is 0 Å². The summed E-state index contributed by atoms with van der Waals surface area (Å²) in [7, 11) is -3.55. The van der Waals surface area contributed by atoms with Crippen molar-refractivity contribution in [2.45, 2.75) is 13.0 Å². The molecule has 0 radical (unpaired) electrons. The lowest BCUT2D eigenvalue weighted by molar-refractivity contribution is -0.121. The lowest BCUT2D eigenvalue weighted by atomic mass is 10.1. The molecule has 6 nitrogen and oxygen atoms in total. The molecule has 1 heterocycles. The molecule has 1 N–H and O–H groups in total. The molecule has 1 aromatic carbocycles. The SMILES string of the molecule is CS(=O)(=O)N(CC(=O)NCCc1ccc(F)cc1)Cc1ccco1. The third-order valence-electron chi connectivity index (χ3n) is 3.35. The van der Waals surface area contributed by atoms with E-state index in [-0.39, 0.29) is 18.9 Å². The van der Waals surface area contributed by atoms with Gasteiger partial charge in [-0.15, -0.1) is 0 Å². The number of furan rings is 1. The fourth-order valence-electron chi connectivity index (χ4n) is 2.08. The summed E-state index contributed by atoms with van der Waals surface area (Å²) in [5, 5.41) is 2.66. The van der Waals surface area contributed by atoms with E-state index >= 15 is 0 Å². The zero-order valence-corrected chi connectivity index (χ0v) is 14.1. The van der Waals surface area contributed by atoms with Crippen LogP contribution in [0.3, 0.4) is 0 Å². The van der Waals surface area contributed by atoms with E-state index in [4.69, 9.17) is 4.42 Å². The molecule has 130 valence electrons. The number of carbonyl (C=O) groups excluding carboxylic acids is 1. The van der Waals surface area contributed by atoms with E-state index in [1.54, 1.807) is 24.3 Å². The number of hydrogen-bond donors (Lipinski definition) is 1. The molecule has 1 amide bonds. The van der Waals surface area contributed by atoms with E-state index in [9.17, 15) is 17.6 Å². The Morgan fingerprint density at radius 2 is 1.96 bits per heavy atom. The number of amides is 1. The number of halogens is 1. The molecule has 1 aromatic heterocycles. The summed E-state index contributed by atoms with van der Waals surface area (Å²) in [6.07, 6.45) is 3.02. The van der Waals surface area contributed by atoms with Gasteiger partial charge in [-0.05, 0) is 36.2 Å². The number of rotatable bonds is 8. The topological polar surface area (TPSA) is 79.6 Å². The maximum Gasteiger partial charge on any atom is 0.235 e. The van der Waals surface area contributed by atoms with Gasteiger partial charge in [-0.2, -0.15) is 4.31 Å². The minimum atomic E-state index is -3.55. The predicted octanol–water partition coefficient (Wildman–Crippen LogP) is 1.54. The van der Waals surface area contributed by atoms with Crippen molar-refractivity contribution in [1.82, 2.24) is 9.62 Å². The van der Waals surface area contributed by atoms with Crippen molar-refractivity contribution in [2.24, 2.45) is 0 Å². The number of nitrogens with one attached hydrogen (secondary N) is 1. The molecular formula is C16H19FN2O4S. The molecule has 0 spiro atoms. The van der Waals surface area contributed by atoms with E-state index in [2.05, 4.69) is 5.32 Å². The van der Waals surface area contributed by atoms with Crippen LogP contribution < -0.4 is 5.32 Å². The van der Waals surface area contributed by atoms with Gasteiger partial charge in [-0.1, -0.05) is 12.1 Å². The van der Waals surface area contributed by atoms with Crippen molar-refractivity contribution in [3.05, 3.63) is 59.8 Å². The Balaban J connectivity index is 1.85. The highest BCUT2D eigenvalue weighted by Gasteiger charge is 2.21. The molecule has 2 aromatic rings. The number of carbonyl (C=O) groups is 1. The van der Waals surface area contributed by atoms with Gasteiger partial charge in [0.2, 0.25) is 15.9 Å². The second-order valence-electron chi connectivity index (χ2n) is 5.34. The van der Waals surface area contributed by atoms with Gasteiger partial charge in [0.1, 0.15) is 11.6 Å². The molecule has 2 rings (SSSR count). The smallest absolute Gasteiger partial charge is 0.235 e. The summed E-state index contributed by atoms with van der Waals surface area (Å²) < 4.78 is 42.5. The third-order valence-corrected chi connectivity index (χ3v) is 4.55. The highest BCUT2D eigenvalue weighted by molar-refractivity contribution is 7.88. The van der Waals surface area contributed by atoms with Crippen LogP contribution in [0.15, 0.2) is 47.1 Å². The maximum absolute atomic E-state index is 12.8. The van der Waals surface area contributed by atoms with Crippen molar-refractivity contribution in [3.8, 4) is 0 Å². The first-order valence-electron chi connectivity index (χ1n) is 7.33. The Bertz CT molecular complexity index is 758. The maximum atomic E-state index is 12.8. The molecule has 0 bridgehead atoms. The van der Waals surface area contributed by atoms with Crippen LogP contribution in [-0.4, -0.2) is 38.0 Å². The normalized spacial score (nSPS) is 11.6. The molecule has 0 aliphatic carbocycles. The quantitative estimate of drug-likeness (QED) is 0.780. The first kappa shape index (κ1) is 18.2. The predicted molar refractivity (Wildman–Crippen MR) is 87.1 cm³/mol. The van der Waals surface area contributed by atoms with E-state index in [1.165, 1.54) is 18.4 Å². The summed E-state index contributed by atoms with van der Waals surface area (Å²) in [6, 6.07) is 9.28. The van der Waals surface area contributed by atoms with Crippen molar-refractivity contribution < 1.29 is 22.0 Å². The van der Waals surface area contributed by atoms with Crippen molar-refractivity contribution in [2.75, 3.05) is 19.3 Å². The molecule has 0 saturated heterocycles. The second kappa shape index (κ2) is 8.07. The molecule has 8 heteroatoms. The molecule has 0 fully saturated rings. The number of sulfonamides is 1. The molecule has 0 atom stereocenters. The molecule has 0 aliphatic heterocycles. The van der Waals surface area contributed by atoms with Crippen molar-refractivity contribution >= 4 is 15.9 Å². The summed E-state index contributed by atoms with van der Waals surface area (Å²) in [5.41, 5.74) is 0.882. The van der Waals surface area contributed by atoms with E-state index in [0.29, 0.717) is 18.7 Å². The van der Waals surface area contributed by atoms with Crippen LogP contribution in [0.1, 0.15) is 11.3 Å². The zero-order chi connectivity index (χ0) is 17.6. The van der Waals surface area contributed by atoms with Crippen LogP contribution in [0.25, 0.3) is 0 Å². The Kier molecular flexibility index (Phi) is 6.10. The summed E-state index contributed by atoms with van der Waals surface area (Å²) in [5.74, 6) is -0.266. The van der Waals surface area contributed by atoms with Gasteiger partial charge >= 0.3 is 0 Å². The Hall–Kier alpha value is -2.19. The van der Waals surface area contributed by atoms with Crippen molar-refractivity contribution in [3.63, 3.8) is 0 Å². The zero-order valence-electron chi connectivity index (χ0n) is 13.2. The third kappa shape index (κ3) is 5.78. The summed E-state index contributed by atoms with van der Waals surface area (Å²) in [4.78, 5) is 12.0. The van der Waals surface area contributed by atoms with Crippen LogP contribution in [0.2, 0.25) is 0 Å². The van der Waals surface area contributed by atoms with Gasteiger partial charge < -0.3 is 9.73 Å². The minimum absolute atomic E-state index is 0.00276. The molecule has 0 saturated carbocycles. The lowest BCUT2D eigenvalue weighted by Crippen LogP contribution is -2.40. The van der Waals surface area contributed by atoms with Crippen LogP contribution in [0.5, 0.6) is 0 Å². The van der Waals surface area contributed by atoms with Gasteiger partial charge in [-0.3, -0.25) is 4.79 Å². The fourth-order valence-corrected chi connectivity index (χ4v) is 2.79. The molecule has 0 unspecified atom stereocenters. The number of hydrogen-bond acceptors (Lipinski definition) is 4. The average Bonchev–Trinajstić information content (AvgIpc) is 3.01. The highest BCUT2D eigenvalue weighted by Crippen LogP contribution is 2.08. The first-order valence-corrected chi connectivity index (χ1v) is 9.18. The Morgan fingerprint density at radius 3 is 2.54 bits per heavy atom. The molecular weight excluding hydrogens is 335 g/mol. The molecule has 24 heavy (non-hydrogen) atoms. The van der Waals surface area contributed by atoms with E-state index < -0.39 is 15.9 Å².